The monoisotopic (exact) mass is 374 g/mol. The Bertz CT molecular complexity index is 864. The summed E-state index contributed by atoms with van der Waals surface area (Å²) >= 11 is 1.61. The Morgan fingerprint density at radius 2 is 2.23 bits per heavy atom. The van der Waals surface area contributed by atoms with Crippen LogP contribution in [0.5, 0.6) is 0 Å². The lowest BCUT2D eigenvalue weighted by Gasteiger charge is -2.06. The van der Waals surface area contributed by atoms with Crippen molar-refractivity contribution >= 4 is 16.5 Å². The van der Waals surface area contributed by atoms with E-state index in [4.69, 9.17) is 19.0 Å². The van der Waals surface area contributed by atoms with Crippen LogP contribution < -0.4 is 5.32 Å². The first-order valence-corrected chi connectivity index (χ1v) is 9.45. The largest absolute Gasteiger partial charge is 0.462 e. The Hall–Kier alpha value is -2.16. The van der Waals surface area contributed by atoms with Crippen LogP contribution in [0.1, 0.15) is 29.7 Å². The molecule has 4 rings (SSSR count). The van der Waals surface area contributed by atoms with Crippen LogP contribution in [0.15, 0.2) is 28.8 Å². The molecule has 0 aromatic carbocycles. The summed E-state index contributed by atoms with van der Waals surface area (Å²) in [7, 11) is 1.65. The minimum Gasteiger partial charge on any atom is -0.462 e. The van der Waals surface area contributed by atoms with Crippen molar-refractivity contribution in [1.29, 1.82) is 0 Å². The van der Waals surface area contributed by atoms with Gasteiger partial charge in [-0.3, -0.25) is 4.68 Å². The molecule has 8 heteroatoms. The summed E-state index contributed by atoms with van der Waals surface area (Å²) in [5, 5.41) is 8.92. The summed E-state index contributed by atoms with van der Waals surface area (Å²) in [6.45, 7) is 4.63. The van der Waals surface area contributed by atoms with E-state index in [0.29, 0.717) is 19.2 Å². The number of thiazole rings is 1. The molecule has 1 atom stereocenters. The van der Waals surface area contributed by atoms with Crippen LogP contribution in [0.2, 0.25) is 0 Å². The van der Waals surface area contributed by atoms with Crippen molar-refractivity contribution in [2.45, 2.75) is 32.5 Å². The summed E-state index contributed by atoms with van der Waals surface area (Å²) in [5.74, 6) is 1.68. The second-order valence-electron chi connectivity index (χ2n) is 6.29. The number of hydrogen-bond donors (Lipinski definition) is 1. The van der Waals surface area contributed by atoms with Gasteiger partial charge in [-0.15, -0.1) is 0 Å². The molecule has 0 amide bonds. The van der Waals surface area contributed by atoms with Gasteiger partial charge in [0.2, 0.25) is 0 Å². The summed E-state index contributed by atoms with van der Waals surface area (Å²) in [4.78, 5) is 5.71. The molecule has 3 aromatic heterocycles. The molecule has 0 radical (unpaired) electrons. The summed E-state index contributed by atoms with van der Waals surface area (Å²) < 4.78 is 18.2. The van der Waals surface area contributed by atoms with Crippen LogP contribution in [0.25, 0.3) is 10.6 Å². The van der Waals surface area contributed by atoms with E-state index in [0.717, 1.165) is 52.6 Å². The Balaban J connectivity index is 1.43. The van der Waals surface area contributed by atoms with Crippen LogP contribution in [-0.2, 0) is 22.6 Å². The number of ether oxygens (including phenoxy) is 2. The molecular formula is C18H22N4O3S. The number of nitrogens with zero attached hydrogens (tertiary/aromatic N) is 3. The fourth-order valence-corrected chi connectivity index (χ4v) is 3.93. The van der Waals surface area contributed by atoms with Crippen LogP contribution >= 0.6 is 11.3 Å². The van der Waals surface area contributed by atoms with Crippen molar-refractivity contribution in [1.82, 2.24) is 14.8 Å². The zero-order chi connectivity index (χ0) is 17.9. The maximum atomic E-state index is 5.69. The number of furan rings is 1. The normalized spacial score (nSPS) is 17.1. The molecule has 1 aliphatic heterocycles. The fourth-order valence-electron chi connectivity index (χ4n) is 3.00. The predicted octanol–water partition coefficient (Wildman–Crippen LogP) is 3.63. The minimum atomic E-state index is 0.342. The Kier molecular flexibility index (Phi) is 5.05. The van der Waals surface area contributed by atoms with Crippen molar-refractivity contribution in [2.24, 2.45) is 0 Å². The molecule has 1 unspecified atom stereocenters. The first-order valence-electron chi connectivity index (χ1n) is 8.64. The molecule has 3 aromatic rings. The topological polar surface area (TPSA) is 74.3 Å². The molecule has 7 nitrogen and oxygen atoms in total. The molecule has 0 bridgehead atoms. The Morgan fingerprint density at radius 3 is 3.04 bits per heavy atom. The van der Waals surface area contributed by atoms with Crippen LogP contribution in [-0.4, -0.2) is 35.1 Å². The number of aryl methyl sites for hydroxylation is 1. The van der Waals surface area contributed by atoms with Crippen LogP contribution in [0, 0.1) is 6.92 Å². The van der Waals surface area contributed by atoms with Gasteiger partial charge in [0, 0.05) is 19.9 Å². The minimum absolute atomic E-state index is 0.342. The fraction of sp³-hybridized carbons (Fsp3) is 0.444. The molecule has 0 spiro atoms. The SMILES string of the molecule is COCc1ccc(CNc2nc(C)c(-c3ccn(C4CCOC4)n3)s2)o1. The van der Waals surface area contributed by atoms with Gasteiger partial charge < -0.3 is 19.2 Å². The lowest BCUT2D eigenvalue weighted by Crippen LogP contribution is -2.08. The van der Waals surface area contributed by atoms with Crippen molar-refractivity contribution in [3.8, 4) is 10.6 Å². The summed E-state index contributed by atoms with van der Waals surface area (Å²) in [5.41, 5.74) is 1.94. The van der Waals surface area contributed by atoms with E-state index in [1.807, 2.05) is 36.0 Å². The number of nitrogens with one attached hydrogen (secondary N) is 1. The molecule has 1 aliphatic rings. The second-order valence-corrected chi connectivity index (χ2v) is 7.29. The molecule has 138 valence electrons. The first-order chi connectivity index (χ1) is 12.7. The van der Waals surface area contributed by atoms with Crippen molar-refractivity contribution in [2.75, 3.05) is 25.6 Å². The van der Waals surface area contributed by atoms with Gasteiger partial charge in [-0.1, -0.05) is 11.3 Å². The van der Waals surface area contributed by atoms with Gasteiger partial charge in [-0.25, -0.2) is 4.98 Å². The maximum absolute atomic E-state index is 5.69. The molecule has 1 fully saturated rings. The van der Waals surface area contributed by atoms with Gasteiger partial charge in [0.25, 0.3) is 0 Å². The van der Waals surface area contributed by atoms with E-state index in [1.54, 1.807) is 18.4 Å². The highest BCUT2D eigenvalue weighted by molar-refractivity contribution is 7.19. The van der Waals surface area contributed by atoms with E-state index in [1.165, 1.54) is 0 Å². The lowest BCUT2D eigenvalue weighted by atomic mass is 10.3. The van der Waals surface area contributed by atoms with Gasteiger partial charge >= 0.3 is 0 Å². The van der Waals surface area contributed by atoms with E-state index >= 15 is 0 Å². The lowest BCUT2D eigenvalue weighted by molar-refractivity contribution is 0.163. The third kappa shape index (κ3) is 3.67. The quantitative estimate of drug-likeness (QED) is 0.681. The molecule has 26 heavy (non-hydrogen) atoms. The molecule has 1 N–H and O–H groups in total. The maximum Gasteiger partial charge on any atom is 0.183 e. The highest BCUT2D eigenvalue weighted by Gasteiger charge is 2.20. The Morgan fingerprint density at radius 1 is 1.35 bits per heavy atom. The number of anilines is 1. The zero-order valence-corrected chi connectivity index (χ0v) is 15.7. The Labute approximate surface area is 155 Å². The highest BCUT2D eigenvalue weighted by atomic mass is 32.1. The third-order valence-corrected chi connectivity index (χ3v) is 5.47. The average molecular weight is 374 g/mol. The van der Waals surface area contributed by atoms with E-state index in [2.05, 4.69) is 10.3 Å². The van der Waals surface area contributed by atoms with Crippen molar-refractivity contribution < 1.29 is 13.9 Å². The average Bonchev–Trinajstić information content (AvgIpc) is 3.40. The van der Waals surface area contributed by atoms with Crippen molar-refractivity contribution in [3.63, 3.8) is 0 Å². The van der Waals surface area contributed by atoms with E-state index < -0.39 is 0 Å². The summed E-state index contributed by atoms with van der Waals surface area (Å²) in [6, 6.07) is 6.27. The van der Waals surface area contributed by atoms with Gasteiger partial charge in [0.05, 0.1) is 29.8 Å². The van der Waals surface area contributed by atoms with Gasteiger partial charge in [-0.05, 0) is 31.5 Å². The zero-order valence-electron chi connectivity index (χ0n) is 14.9. The van der Waals surface area contributed by atoms with E-state index in [9.17, 15) is 0 Å². The third-order valence-electron chi connectivity index (χ3n) is 4.34. The van der Waals surface area contributed by atoms with Gasteiger partial charge in [0.15, 0.2) is 5.13 Å². The smallest absolute Gasteiger partial charge is 0.183 e. The van der Waals surface area contributed by atoms with Crippen molar-refractivity contribution in [3.05, 3.63) is 41.6 Å². The molecule has 1 saturated heterocycles. The summed E-state index contributed by atoms with van der Waals surface area (Å²) in [6.07, 6.45) is 3.05. The standard InChI is InChI=1S/C18H22N4O3S/c1-12-17(16-5-7-22(21-16)13-6-8-24-10-13)26-18(20-12)19-9-14-3-4-15(25-14)11-23-2/h3-5,7,13H,6,8-11H2,1-2H3,(H,19,20). The predicted molar refractivity (Wildman–Crippen MR) is 99.3 cm³/mol. The number of aromatic nitrogens is 3. The molecule has 0 aliphatic carbocycles. The highest BCUT2D eigenvalue weighted by Crippen LogP contribution is 2.32. The molecule has 0 saturated carbocycles. The first kappa shape index (κ1) is 17.3. The van der Waals surface area contributed by atoms with Crippen LogP contribution in [0.3, 0.4) is 0 Å². The van der Waals surface area contributed by atoms with Gasteiger partial charge in [-0.2, -0.15) is 5.10 Å². The number of methoxy groups -OCH3 is 1. The number of hydrogen-bond acceptors (Lipinski definition) is 7. The van der Waals surface area contributed by atoms with Crippen LogP contribution in [0.4, 0.5) is 5.13 Å². The molecule has 4 heterocycles. The second kappa shape index (κ2) is 7.61. The molecular weight excluding hydrogens is 352 g/mol. The van der Waals surface area contributed by atoms with E-state index in [-0.39, 0.29) is 0 Å². The number of rotatable bonds is 7. The van der Waals surface area contributed by atoms with Gasteiger partial charge in [0.1, 0.15) is 23.8 Å².